The van der Waals surface area contributed by atoms with Crippen LogP contribution < -0.4 is 5.73 Å². The van der Waals surface area contributed by atoms with Gasteiger partial charge in [-0.25, -0.2) is 8.42 Å². The zero-order chi connectivity index (χ0) is 13.5. The number of nitrogens with zero attached hydrogens (tertiary/aromatic N) is 1. The van der Waals surface area contributed by atoms with E-state index in [1.54, 1.807) is 27.9 Å². The first-order chi connectivity index (χ1) is 7.74. The largest absolute Gasteiger partial charge is 0.383 e. The lowest BCUT2D eigenvalue weighted by Crippen LogP contribution is -2.39. The Balaban J connectivity index is 4.30. The summed E-state index contributed by atoms with van der Waals surface area (Å²) in [5.74, 6) is 0.167. The Hall–Kier alpha value is -0.170. The smallest absolute Gasteiger partial charge is 0.156 e. The lowest BCUT2D eigenvalue weighted by Gasteiger charge is -2.24. The first kappa shape index (κ1) is 16.8. The Morgan fingerprint density at radius 2 is 1.76 bits per heavy atom. The predicted octanol–water partition coefficient (Wildman–Crippen LogP) is 0.107. The van der Waals surface area contributed by atoms with Crippen molar-refractivity contribution in [2.24, 2.45) is 5.73 Å². The second-order valence-corrected chi connectivity index (χ2v) is 7.92. The molecule has 2 N–H and O–H groups in total. The lowest BCUT2D eigenvalue weighted by molar-refractivity contribution is 0.153. The highest BCUT2D eigenvalue weighted by molar-refractivity contribution is 7.92. The molecule has 0 atom stereocenters. The van der Waals surface area contributed by atoms with Crippen molar-refractivity contribution in [3.63, 3.8) is 0 Å². The summed E-state index contributed by atoms with van der Waals surface area (Å²) >= 11 is 0. The van der Waals surface area contributed by atoms with E-state index in [-0.39, 0.29) is 5.75 Å². The summed E-state index contributed by atoms with van der Waals surface area (Å²) in [5.41, 5.74) is 5.49. The van der Waals surface area contributed by atoms with Crippen LogP contribution in [0.5, 0.6) is 0 Å². The molecule has 0 saturated carbocycles. The van der Waals surface area contributed by atoms with Gasteiger partial charge in [0.05, 0.1) is 17.1 Å². The van der Waals surface area contributed by atoms with Crippen molar-refractivity contribution in [2.45, 2.75) is 25.5 Å². The second-order valence-electron chi connectivity index (χ2n) is 5.05. The van der Waals surface area contributed by atoms with Gasteiger partial charge in [-0.05, 0) is 20.8 Å². The van der Waals surface area contributed by atoms with E-state index in [1.807, 2.05) is 4.90 Å². The molecule has 0 radical (unpaired) electrons. The Bertz CT molecular complexity index is 296. The van der Waals surface area contributed by atoms with Crippen LogP contribution in [0.4, 0.5) is 0 Å². The van der Waals surface area contributed by atoms with Gasteiger partial charge in [-0.1, -0.05) is 0 Å². The molecule has 17 heavy (non-hydrogen) atoms. The minimum atomic E-state index is -3.06. The van der Waals surface area contributed by atoms with Gasteiger partial charge in [-0.2, -0.15) is 0 Å². The molecule has 6 heteroatoms. The SMILES string of the molecule is COCCN(CCN)CCS(=O)(=O)C(C)(C)C. The maximum atomic E-state index is 11.9. The van der Waals surface area contributed by atoms with Gasteiger partial charge >= 0.3 is 0 Å². The highest BCUT2D eigenvalue weighted by Gasteiger charge is 2.28. The summed E-state index contributed by atoms with van der Waals surface area (Å²) in [5, 5.41) is 0. The van der Waals surface area contributed by atoms with Gasteiger partial charge in [0, 0.05) is 33.3 Å². The van der Waals surface area contributed by atoms with Gasteiger partial charge in [-0.15, -0.1) is 0 Å². The molecule has 0 rings (SSSR count). The number of nitrogens with two attached hydrogens (primary N) is 1. The standard InChI is InChI=1S/C11H26N2O3S/c1-11(2,3)17(14,15)10-8-13(6-5-12)7-9-16-4/h5-10,12H2,1-4H3. The van der Waals surface area contributed by atoms with Crippen LogP contribution in [0.15, 0.2) is 0 Å². The molecule has 0 aliphatic heterocycles. The van der Waals surface area contributed by atoms with Crippen LogP contribution in [0.3, 0.4) is 0 Å². The molecule has 0 fully saturated rings. The van der Waals surface area contributed by atoms with Gasteiger partial charge in [0.15, 0.2) is 9.84 Å². The summed E-state index contributed by atoms with van der Waals surface area (Å²) in [6.07, 6.45) is 0. The van der Waals surface area contributed by atoms with E-state index in [1.165, 1.54) is 0 Å². The van der Waals surface area contributed by atoms with Gasteiger partial charge in [0.1, 0.15) is 0 Å². The lowest BCUT2D eigenvalue weighted by atomic mass is 10.3. The van der Waals surface area contributed by atoms with E-state index in [2.05, 4.69) is 0 Å². The van der Waals surface area contributed by atoms with E-state index in [4.69, 9.17) is 10.5 Å². The van der Waals surface area contributed by atoms with Crippen molar-refractivity contribution in [3.05, 3.63) is 0 Å². The topological polar surface area (TPSA) is 72.6 Å². The van der Waals surface area contributed by atoms with Crippen LogP contribution in [-0.4, -0.2) is 63.7 Å². The van der Waals surface area contributed by atoms with E-state index in [9.17, 15) is 8.42 Å². The van der Waals surface area contributed by atoms with Crippen LogP contribution in [0.1, 0.15) is 20.8 Å². The first-order valence-electron chi connectivity index (χ1n) is 5.88. The third-order valence-corrected chi connectivity index (χ3v) is 5.25. The molecule has 0 aliphatic carbocycles. The van der Waals surface area contributed by atoms with E-state index in [0.717, 1.165) is 0 Å². The molecule has 0 amide bonds. The Morgan fingerprint density at radius 1 is 1.18 bits per heavy atom. The van der Waals surface area contributed by atoms with Crippen molar-refractivity contribution >= 4 is 9.84 Å². The molecule has 0 aromatic carbocycles. The van der Waals surface area contributed by atoms with E-state index < -0.39 is 14.6 Å². The Kier molecular flexibility index (Phi) is 7.23. The zero-order valence-corrected chi connectivity index (χ0v) is 12.2. The number of sulfone groups is 1. The quantitative estimate of drug-likeness (QED) is 0.675. The minimum absolute atomic E-state index is 0.167. The molecule has 5 nitrogen and oxygen atoms in total. The van der Waals surface area contributed by atoms with Crippen molar-refractivity contribution in [3.8, 4) is 0 Å². The van der Waals surface area contributed by atoms with Crippen LogP contribution in [-0.2, 0) is 14.6 Å². The molecule has 0 heterocycles. The molecule has 0 spiro atoms. The third kappa shape index (κ3) is 6.35. The van der Waals surface area contributed by atoms with E-state index >= 15 is 0 Å². The van der Waals surface area contributed by atoms with E-state index in [0.29, 0.717) is 32.8 Å². The fourth-order valence-electron chi connectivity index (χ4n) is 1.29. The number of rotatable bonds is 8. The maximum absolute atomic E-state index is 11.9. The highest BCUT2D eigenvalue weighted by atomic mass is 32.2. The second kappa shape index (κ2) is 7.31. The number of hydrogen-bond acceptors (Lipinski definition) is 5. The first-order valence-corrected chi connectivity index (χ1v) is 7.53. The van der Waals surface area contributed by atoms with Gasteiger partial charge < -0.3 is 10.5 Å². The highest BCUT2D eigenvalue weighted by Crippen LogP contribution is 2.15. The van der Waals surface area contributed by atoms with Crippen LogP contribution in [0, 0.1) is 0 Å². The predicted molar refractivity (Wildman–Crippen MR) is 70.9 cm³/mol. The molecule has 104 valence electrons. The van der Waals surface area contributed by atoms with Crippen LogP contribution in [0.2, 0.25) is 0 Å². The third-order valence-electron chi connectivity index (χ3n) is 2.67. The number of ether oxygens (including phenoxy) is 1. The van der Waals surface area contributed by atoms with Crippen molar-refractivity contribution in [2.75, 3.05) is 45.6 Å². The summed E-state index contributed by atoms with van der Waals surface area (Å²) in [6.45, 7) is 8.23. The summed E-state index contributed by atoms with van der Waals surface area (Å²) < 4.78 is 28.2. The molecular formula is C11H26N2O3S. The van der Waals surface area contributed by atoms with Crippen LogP contribution >= 0.6 is 0 Å². The minimum Gasteiger partial charge on any atom is -0.383 e. The van der Waals surface area contributed by atoms with Gasteiger partial charge in [0.25, 0.3) is 0 Å². The average molecular weight is 266 g/mol. The molecule has 0 saturated heterocycles. The van der Waals surface area contributed by atoms with Crippen molar-refractivity contribution < 1.29 is 13.2 Å². The van der Waals surface area contributed by atoms with Crippen LogP contribution in [0.25, 0.3) is 0 Å². The average Bonchev–Trinajstić information content (AvgIpc) is 2.20. The molecular weight excluding hydrogens is 240 g/mol. The number of methoxy groups -OCH3 is 1. The molecule has 0 aromatic heterocycles. The number of hydrogen-bond donors (Lipinski definition) is 1. The summed E-state index contributed by atoms with van der Waals surface area (Å²) in [7, 11) is -1.43. The molecule has 0 bridgehead atoms. The van der Waals surface area contributed by atoms with Gasteiger partial charge in [-0.3, -0.25) is 4.90 Å². The summed E-state index contributed by atoms with van der Waals surface area (Å²) in [6, 6.07) is 0. The monoisotopic (exact) mass is 266 g/mol. The Morgan fingerprint density at radius 3 is 2.18 bits per heavy atom. The van der Waals surface area contributed by atoms with Crippen molar-refractivity contribution in [1.29, 1.82) is 0 Å². The fourth-order valence-corrected chi connectivity index (χ4v) is 2.40. The van der Waals surface area contributed by atoms with Gasteiger partial charge in [0.2, 0.25) is 0 Å². The molecule has 0 unspecified atom stereocenters. The zero-order valence-electron chi connectivity index (χ0n) is 11.4. The Labute approximate surface area is 105 Å². The normalized spacial score (nSPS) is 13.3. The molecule has 0 aromatic rings. The fraction of sp³-hybridized carbons (Fsp3) is 1.00. The molecule has 0 aliphatic rings. The summed E-state index contributed by atoms with van der Waals surface area (Å²) in [4.78, 5) is 2.02. The van der Waals surface area contributed by atoms with Crippen molar-refractivity contribution in [1.82, 2.24) is 4.90 Å². The maximum Gasteiger partial charge on any atom is 0.156 e.